The van der Waals surface area contributed by atoms with E-state index in [-0.39, 0.29) is 17.7 Å². The zero-order valence-electron chi connectivity index (χ0n) is 17.3. The van der Waals surface area contributed by atoms with Crippen LogP contribution in [0.1, 0.15) is 33.6 Å². The topological polar surface area (TPSA) is 69.7 Å². The lowest BCUT2D eigenvalue weighted by molar-refractivity contribution is -0.125. The molecule has 2 aromatic carbocycles. The molecule has 158 valence electrons. The van der Waals surface area contributed by atoms with Crippen molar-refractivity contribution in [3.63, 3.8) is 0 Å². The van der Waals surface area contributed by atoms with Gasteiger partial charge in [-0.2, -0.15) is 11.8 Å². The number of imide groups is 1. The molecule has 7 heteroatoms. The molecule has 0 bridgehead atoms. The number of thioether (sulfide) groups is 1. The fourth-order valence-corrected chi connectivity index (χ4v) is 4.01. The molecule has 2 aromatic rings. The highest BCUT2D eigenvalue weighted by Crippen LogP contribution is 2.26. The van der Waals surface area contributed by atoms with Gasteiger partial charge in [-0.1, -0.05) is 30.3 Å². The Labute approximate surface area is 181 Å². The molecule has 0 radical (unpaired) electrons. The van der Waals surface area contributed by atoms with Crippen LogP contribution in [-0.2, 0) is 4.79 Å². The van der Waals surface area contributed by atoms with E-state index in [0.29, 0.717) is 29.8 Å². The van der Waals surface area contributed by atoms with Gasteiger partial charge in [-0.3, -0.25) is 19.3 Å². The molecule has 0 aliphatic carbocycles. The monoisotopic (exact) mass is 425 g/mol. The van der Waals surface area contributed by atoms with Gasteiger partial charge in [-0.25, -0.2) is 0 Å². The zero-order chi connectivity index (χ0) is 21.5. The summed E-state index contributed by atoms with van der Waals surface area (Å²) in [5, 5.41) is 2.92. The van der Waals surface area contributed by atoms with Crippen molar-refractivity contribution in [3.05, 3.63) is 65.7 Å². The largest absolute Gasteiger partial charge is 0.375 e. The molecule has 1 heterocycles. The Morgan fingerprint density at radius 3 is 2.23 bits per heavy atom. The Bertz CT molecular complexity index is 869. The van der Waals surface area contributed by atoms with Crippen LogP contribution in [0, 0.1) is 0 Å². The second kappa shape index (κ2) is 10.3. The minimum Gasteiger partial charge on any atom is -0.375 e. The molecular formula is C23H27N3O3S. The molecule has 6 nitrogen and oxygen atoms in total. The molecule has 0 saturated heterocycles. The van der Waals surface area contributed by atoms with Gasteiger partial charge in [0, 0.05) is 25.8 Å². The molecule has 0 saturated carbocycles. The van der Waals surface area contributed by atoms with E-state index in [0.717, 1.165) is 23.6 Å². The number of fused-ring (bicyclic) bond motifs is 1. The Balaban J connectivity index is 1.60. The van der Waals surface area contributed by atoms with Gasteiger partial charge in [-0.15, -0.1) is 0 Å². The van der Waals surface area contributed by atoms with Crippen molar-refractivity contribution in [2.24, 2.45) is 0 Å². The average Bonchev–Trinajstić information content (AvgIpc) is 3.03. The first kappa shape index (κ1) is 21.9. The van der Waals surface area contributed by atoms with Crippen LogP contribution in [0.25, 0.3) is 0 Å². The highest BCUT2D eigenvalue weighted by molar-refractivity contribution is 7.98. The molecule has 0 fully saturated rings. The number of para-hydroxylation sites is 1. The smallest absolute Gasteiger partial charge is 0.262 e. The Hall–Kier alpha value is -2.80. The lowest BCUT2D eigenvalue weighted by Gasteiger charge is -2.25. The molecule has 3 rings (SSSR count). The van der Waals surface area contributed by atoms with Crippen LogP contribution >= 0.6 is 11.8 Å². The Morgan fingerprint density at radius 1 is 1.03 bits per heavy atom. The predicted octanol–water partition coefficient (Wildman–Crippen LogP) is 3.05. The standard InChI is InChI=1S/C23H27N3O3S/c1-25(17-9-4-3-5-10-17)15-8-14-24-21(27)20(13-16-30-2)26-22(28)18-11-6-7-12-19(18)23(26)29/h3-7,9-12,20H,8,13-16H2,1-2H3,(H,24,27). The summed E-state index contributed by atoms with van der Waals surface area (Å²) in [7, 11) is 2.01. The number of hydrogen-bond donors (Lipinski definition) is 1. The molecule has 1 atom stereocenters. The van der Waals surface area contributed by atoms with Gasteiger partial charge in [0.15, 0.2) is 0 Å². The lowest BCUT2D eigenvalue weighted by atomic mass is 10.1. The van der Waals surface area contributed by atoms with Crippen LogP contribution in [0.15, 0.2) is 54.6 Å². The van der Waals surface area contributed by atoms with Crippen LogP contribution in [0.2, 0.25) is 0 Å². The molecule has 0 spiro atoms. The van der Waals surface area contributed by atoms with Gasteiger partial charge in [0.2, 0.25) is 5.91 Å². The maximum absolute atomic E-state index is 12.9. The van der Waals surface area contributed by atoms with Gasteiger partial charge in [0.1, 0.15) is 6.04 Å². The maximum Gasteiger partial charge on any atom is 0.262 e. The van der Waals surface area contributed by atoms with E-state index in [9.17, 15) is 14.4 Å². The number of carbonyl (C=O) groups excluding carboxylic acids is 3. The summed E-state index contributed by atoms with van der Waals surface area (Å²) in [5.41, 5.74) is 1.86. The van der Waals surface area contributed by atoms with Crippen LogP contribution < -0.4 is 10.2 Å². The molecule has 0 aromatic heterocycles. The molecule has 1 aliphatic heterocycles. The first-order valence-electron chi connectivity index (χ1n) is 10.0. The van der Waals surface area contributed by atoms with Crippen LogP contribution in [0.4, 0.5) is 5.69 Å². The van der Waals surface area contributed by atoms with Crippen molar-refractivity contribution >= 4 is 35.2 Å². The van der Waals surface area contributed by atoms with Crippen LogP contribution in [0.5, 0.6) is 0 Å². The molecule has 30 heavy (non-hydrogen) atoms. The number of anilines is 1. The Morgan fingerprint density at radius 2 is 1.63 bits per heavy atom. The third kappa shape index (κ3) is 4.84. The molecular weight excluding hydrogens is 398 g/mol. The van der Waals surface area contributed by atoms with Gasteiger partial charge in [-0.05, 0) is 49.1 Å². The second-order valence-corrected chi connectivity index (χ2v) is 8.21. The number of benzene rings is 2. The number of nitrogens with zero attached hydrogens (tertiary/aromatic N) is 2. The normalized spacial score (nSPS) is 13.9. The summed E-state index contributed by atoms with van der Waals surface area (Å²) in [4.78, 5) is 41.8. The maximum atomic E-state index is 12.9. The lowest BCUT2D eigenvalue weighted by Crippen LogP contribution is -2.50. The van der Waals surface area contributed by atoms with E-state index in [2.05, 4.69) is 10.2 Å². The van der Waals surface area contributed by atoms with E-state index in [4.69, 9.17) is 0 Å². The van der Waals surface area contributed by atoms with Crippen molar-refractivity contribution in [3.8, 4) is 0 Å². The molecule has 1 unspecified atom stereocenters. The minimum atomic E-state index is -0.795. The van der Waals surface area contributed by atoms with Gasteiger partial charge in [0.25, 0.3) is 11.8 Å². The summed E-state index contributed by atoms with van der Waals surface area (Å²) in [6.07, 6.45) is 3.13. The van der Waals surface area contributed by atoms with Crippen molar-refractivity contribution in [2.75, 3.05) is 37.0 Å². The molecule has 1 aliphatic rings. The summed E-state index contributed by atoms with van der Waals surface area (Å²) in [6.45, 7) is 1.27. The number of amides is 3. The average molecular weight is 426 g/mol. The van der Waals surface area contributed by atoms with Crippen molar-refractivity contribution in [2.45, 2.75) is 18.9 Å². The summed E-state index contributed by atoms with van der Waals surface area (Å²) in [5.74, 6) is -0.371. The fraction of sp³-hybridized carbons (Fsp3) is 0.348. The number of carbonyl (C=O) groups is 3. The van der Waals surface area contributed by atoms with Crippen molar-refractivity contribution in [1.82, 2.24) is 10.2 Å². The van der Waals surface area contributed by atoms with E-state index in [1.807, 2.05) is 43.6 Å². The quantitative estimate of drug-likeness (QED) is 0.468. The summed E-state index contributed by atoms with van der Waals surface area (Å²) < 4.78 is 0. The first-order chi connectivity index (χ1) is 14.5. The minimum absolute atomic E-state index is 0.277. The van der Waals surface area contributed by atoms with Crippen molar-refractivity contribution < 1.29 is 14.4 Å². The Kier molecular flexibility index (Phi) is 7.52. The second-order valence-electron chi connectivity index (χ2n) is 7.22. The number of nitrogens with one attached hydrogen (secondary N) is 1. The van der Waals surface area contributed by atoms with Crippen molar-refractivity contribution in [1.29, 1.82) is 0 Å². The van der Waals surface area contributed by atoms with E-state index in [1.54, 1.807) is 36.0 Å². The summed E-state index contributed by atoms with van der Waals surface area (Å²) in [6, 6.07) is 16.0. The zero-order valence-corrected chi connectivity index (χ0v) is 18.2. The van der Waals surface area contributed by atoms with E-state index < -0.39 is 6.04 Å². The van der Waals surface area contributed by atoms with Crippen LogP contribution in [0.3, 0.4) is 0 Å². The SMILES string of the molecule is CSCCC(C(=O)NCCCN(C)c1ccccc1)N1C(=O)c2ccccc2C1=O. The number of rotatable bonds is 10. The predicted molar refractivity (Wildman–Crippen MR) is 121 cm³/mol. The van der Waals surface area contributed by atoms with Gasteiger partial charge >= 0.3 is 0 Å². The highest BCUT2D eigenvalue weighted by Gasteiger charge is 2.42. The van der Waals surface area contributed by atoms with Gasteiger partial charge < -0.3 is 10.2 Å². The highest BCUT2D eigenvalue weighted by atomic mass is 32.2. The van der Waals surface area contributed by atoms with E-state index in [1.165, 1.54) is 0 Å². The third-order valence-electron chi connectivity index (χ3n) is 5.20. The molecule has 3 amide bonds. The fourth-order valence-electron chi connectivity index (χ4n) is 3.56. The third-order valence-corrected chi connectivity index (χ3v) is 5.85. The van der Waals surface area contributed by atoms with Gasteiger partial charge in [0.05, 0.1) is 11.1 Å². The summed E-state index contributed by atoms with van der Waals surface area (Å²) >= 11 is 1.59. The first-order valence-corrected chi connectivity index (χ1v) is 11.4. The molecule has 1 N–H and O–H groups in total. The van der Waals surface area contributed by atoms with E-state index >= 15 is 0 Å². The number of hydrogen-bond acceptors (Lipinski definition) is 5. The van der Waals surface area contributed by atoms with Crippen LogP contribution in [-0.4, -0.2) is 60.8 Å².